The van der Waals surface area contributed by atoms with E-state index in [0.29, 0.717) is 17.2 Å². The minimum atomic E-state index is -0.502. The van der Waals surface area contributed by atoms with E-state index in [9.17, 15) is 4.39 Å². The smallest absolute Gasteiger partial charge is 0.161 e. The molecule has 3 N–H and O–H groups in total. The summed E-state index contributed by atoms with van der Waals surface area (Å²) < 4.78 is 13.4. The maximum atomic E-state index is 13.4. The van der Waals surface area contributed by atoms with Crippen molar-refractivity contribution in [3.05, 3.63) is 40.3 Å². The molecule has 1 aromatic carbocycles. The zero-order valence-electron chi connectivity index (χ0n) is 9.96. The highest BCUT2D eigenvalue weighted by Gasteiger charge is 2.10. The third-order valence-electron chi connectivity index (χ3n) is 2.70. The molecule has 0 fully saturated rings. The second-order valence-corrected chi connectivity index (χ2v) is 4.29. The van der Waals surface area contributed by atoms with Gasteiger partial charge < -0.3 is 5.43 Å². The molecule has 0 amide bonds. The first-order valence-corrected chi connectivity index (χ1v) is 5.68. The number of nitrogen functional groups attached to an aromatic ring is 1. The molecule has 0 aliphatic carbocycles. The number of nitrogens with one attached hydrogen (secondary N) is 1. The molecule has 0 unspecified atom stereocenters. The molecule has 0 aliphatic rings. The molecule has 0 radical (unpaired) electrons. The average molecular weight is 267 g/mol. The predicted octanol–water partition coefficient (Wildman–Crippen LogP) is 2.84. The molecule has 94 valence electrons. The van der Waals surface area contributed by atoms with Gasteiger partial charge in [-0.2, -0.15) is 0 Å². The van der Waals surface area contributed by atoms with Gasteiger partial charge in [0.1, 0.15) is 11.6 Å². The molecule has 0 bridgehead atoms. The van der Waals surface area contributed by atoms with Crippen molar-refractivity contribution >= 4 is 17.4 Å². The van der Waals surface area contributed by atoms with Gasteiger partial charge in [0.2, 0.25) is 0 Å². The number of aryl methyl sites for hydroxylation is 1. The maximum absolute atomic E-state index is 13.4. The third-order valence-corrected chi connectivity index (χ3v) is 3.01. The minimum absolute atomic E-state index is 0.0692. The van der Waals surface area contributed by atoms with Crippen molar-refractivity contribution < 1.29 is 4.39 Å². The quantitative estimate of drug-likeness (QED) is 0.648. The molecule has 0 atom stereocenters. The topological polar surface area (TPSA) is 63.8 Å². The van der Waals surface area contributed by atoms with Gasteiger partial charge in [-0.25, -0.2) is 20.2 Å². The summed E-state index contributed by atoms with van der Waals surface area (Å²) >= 11 is 5.64. The number of anilines is 1. The summed E-state index contributed by atoms with van der Waals surface area (Å²) in [6.07, 6.45) is 0. The number of nitrogens with zero attached hydrogens (tertiary/aromatic N) is 2. The van der Waals surface area contributed by atoms with Gasteiger partial charge in [-0.3, -0.25) is 0 Å². The molecule has 0 saturated carbocycles. The largest absolute Gasteiger partial charge is 0.308 e. The van der Waals surface area contributed by atoms with E-state index in [4.69, 9.17) is 17.4 Å². The van der Waals surface area contributed by atoms with Gasteiger partial charge in [-0.05, 0) is 32.0 Å². The lowest BCUT2D eigenvalue weighted by Gasteiger charge is -2.09. The molecule has 1 aromatic heterocycles. The van der Waals surface area contributed by atoms with E-state index in [1.54, 1.807) is 6.07 Å². The Bertz CT molecular complexity index is 601. The van der Waals surface area contributed by atoms with Crippen molar-refractivity contribution in [1.82, 2.24) is 9.97 Å². The normalized spacial score (nSPS) is 10.5. The fraction of sp³-hybridized carbons (Fsp3) is 0.167. The predicted molar refractivity (Wildman–Crippen MR) is 69.7 cm³/mol. The zero-order chi connectivity index (χ0) is 13.3. The highest BCUT2D eigenvalue weighted by molar-refractivity contribution is 6.30. The summed E-state index contributed by atoms with van der Waals surface area (Å²) in [7, 11) is 0. The molecular formula is C12H12ClFN4. The Morgan fingerprint density at radius 2 is 2.00 bits per heavy atom. The van der Waals surface area contributed by atoms with Crippen LogP contribution in [0.25, 0.3) is 11.4 Å². The number of hydrogen-bond acceptors (Lipinski definition) is 4. The minimum Gasteiger partial charge on any atom is -0.308 e. The fourth-order valence-electron chi connectivity index (χ4n) is 1.53. The van der Waals surface area contributed by atoms with Crippen molar-refractivity contribution in [2.45, 2.75) is 13.8 Å². The van der Waals surface area contributed by atoms with Gasteiger partial charge in [0.25, 0.3) is 0 Å². The molecular weight excluding hydrogens is 255 g/mol. The van der Waals surface area contributed by atoms with Gasteiger partial charge in [0.05, 0.1) is 5.02 Å². The van der Waals surface area contributed by atoms with E-state index < -0.39 is 5.82 Å². The fourth-order valence-corrected chi connectivity index (χ4v) is 1.65. The maximum Gasteiger partial charge on any atom is 0.161 e. The first kappa shape index (κ1) is 12.7. The van der Waals surface area contributed by atoms with Crippen LogP contribution in [-0.4, -0.2) is 9.97 Å². The van der Waals surface area contributed by atoms with Crippen molar-refractivity contribution in [3.63, 3.8) is 0 Å². The molecule has 2 rings (SSSR count). The van der Waals surface area contributed by atoms with E-state index in [1.807, 2.05) is 13.8 Å². The average Bonchev–Trinajstić information content (AvgIpc) is 2.36. The van der Waals surface area contributed by atoms with Crippen LogP contribution < -0.4 is 11.3 Å². The Balaban J connectivity index is 2.57. The summed E-state index contributed by atoms with van der Waals surface area (Å²) in [5.41, 5.74) is 4.69. The number of hydrazine groups is 1. The molecule has 18 heavy (non-hydrogen) atoms. The van der Waals surface area contributed by atoms with Crippen LogP contribution in [0.3, 0.4) is 0 Å². The molecule has 0 saturated heterocycles. The number of hydrogen-bond donors (Lipinski definition) is 2. The van der Waals surface area contributed by atoms with Crippen LogP contribution in [0.4, 0.5) is 10.2 Å². The van der Waals surface area contributed by atoms with E-state index in [0.717, 1.165) is 11.3 Å². The Morgan fingerprint density at radius 3 is 2.61 bits per heavy atom. The number of aromatic nitrogens is 2. The molecule has 4 nitrogen and oxygen atoms in total. The van der Waals surface area contributed by atoms with E-state index >= 15 is 0 Å². The van der Waals surface area contributed by atoms with Crippen molar-refractivity contribution in [1.29, 1.82) is 0 Å². The highest BCUT2D eigenvalue weighted by Crippen LogP contribution is 2.24. The monoisotopic (exact) mass is 266 g/mol. The molecule has 2 aromatic rings. The lowest BCUT2D eigenvalue weighted by atomic mass is 10.2. The first-order valence-electron chi connectivity index (χ1n) is 5.30. The summed E-state index contributed by atoms with van der Waals surface area (Å²) in [4.78, 5) is 8.54. The Kier molecular flexibility index (Phi) is 3.45. The van der Waals surface area contributed by atoms with Gasteiger partial charge in [0.15, 0.2) is 5.82 Å². The summed E-state index contributed by atoms with van der Waals surface area (Å²) in [6.45, 7) is 3.70. The van der Waals surface area contributed by atoms with Crippen molar-refractivity contribution in [2.24, 2.45) is 5.84 Å². The van der Waals surface area contributed by atoms with E-state index in [1.165, 1.54) is 12.1 Å². The van der Waals surface area contributed by atoms with E-state index in [-0.39, 0.29) is 5.02 Å². The van der Waals surface area contributed by atoms with Crippen LogP contribution in [0.2, 0.25) is 5.02 Å². The Labute approximate surface area is 109 Å². The zero-order valence-corrected chi connectivity index (χ0v) is 10.7. The lowest BCUT2D eigenvalue weighted by molar-refractivity contribution is 0.628. The summed E-state index contributed by atoms with van der Waals surface area (Å²) in [5.74, 6) is 5.81. The van der Waals surface area contributed by atoms with Gasteiger partial charge in [0, 0.05) is 16.8 Å². The lowest BCUT2D eigenvalue weighted by Crippen LogP contribution is -2.12. The molecule has 6 heteroatoms. The number of nitrogens with two attached hydrogens (primary N) is 1. The van der Waals surface area contributed by atoms with Gasteiger partial charge in [-0.1, -0.05) is 11.6 Å². The number of halogens is 2. The van der Waals surface area contributed by atoms with Crippen LogP contribution in [-0.2, 0) is 0 Å². The number of benzene rings is 1. The van der Waals surface area contributed by atoms with E-state index in [2.05, 4.69) is 15.4 Å². The van der Waals surface area contributed by atoms with Crippen LogP contribution in [0.15, 0.2) is 18.2 Å². The van der Waals surface area contributed by atoms with Crippen LogP contribution in [0.5, 0.6) is 0 Å². The standard InChI is InChI=1S/C12H12ClFN4/c1-6-7(2)16-12(17-11(6)18-15)8-3-4-9(13)10(14)5-8/h3-5H,15H2,1-2H3,(H,16,17,18). The Morgan fingerprint density at radius 1 is 1.28 bits per heavy atom. The number of rotatable bonds is 2. The first-order chi connectivity index (χ1) is 8.52. The SMILES string of the molecule is Cc1nc(-c2ccc(Cl)c(F)c2)nc(NN)c1C. The highest BCUT2D eigenvalue weighted by atomic mass is 35.5. The molecule has 0 spiro atoms. The van der Waals surface area contributed by atoms with Crippen molar-refractivity contribution in [3.8, 4) is 11.4 Å². The van der Waals surface area contributed by atoms with Crippen LogP contribution >= 0.6 is 11.6 Å². The summed E-state index contributed by atoms with van der Waals surface area (Å²) in [6, 6.07) is 4.43. The van der Waals surface area contributed by atoms with Crippen molar-refractivity contribution in [2.75, 3.05) is 5.43 Å². The van der Waals surface area contributed by atoms with Crippen LogP contribution in [0, 0.1) is 19.7 Å². The second kappa shape index (κ2) is 4.88. The van der Waals surface area contributed by atoms with Gasteiger partial charge >= 0.3 is 0 Å². The summed E-state index contributed by atoms with van der Waals surface area (Å²) in [5, 5.41) is 0.0692. The van der Waals surface area contributed by atoms with Gasteiger partial charge in [-0.15, -0.1) is 0 Å². The third kappa shape index (κ3) is 2.27. The second-order valence-electron chi connectivity index (χ2n) is 3.88. The molecule has 0 aliphatic heterocycles. The Hall–Kier alpha value is -1.72. The molecule has 1 heterocycles. The van der Waals surface area contributed by atoms with Crippen LogP contribution in [0.1, 0.15) is 11.3 Å².